The van der Waals surface area contributed by atoms with Crippen LogP contribution in [0.2, 0.25) is 0 Å². The highest BCUT2D eigenvalue weighted by atomic mass is 16.5. The zero-order chi connectivity index (χ0) is 18.7. The Morgan fingerprint density at radius 3 is 2.15 bits per heavy atom. The van der Waals surface area contributed by atoms with Gasteiger partial charge in [-0.25, -0.2) is 4.98 Å². The molecule has 0 bridgehead atoms. The predicted octanol–water partition coefficient (Wildman–Crippen LogP) is 3.18. The van der Waals surface area contributed by atoms with Gasteiger partial charge in [-0.1, -0.05) is 0 Å². The number of carbonyl (C=O) groups is 1. The minimum absolute atomic E-state index is 0.172. The third kappa shape index (κ3) is 3.19. The molecular weight excluding hydrogens is 336 g/mol. The summed E-state index contributed by atoms with van der Waals surface area (Å²) in [5, 5.41) is 0. The van der Waals surface area contributed by atoms with E-state index in [1.165, 1.54) is 27.6 Å². The molecule has 0 saturated heterocycles. The van der Waals surface area contributed by atoms with Crippen molar-refractivity contribution >= 4 is 11.5 Å². The highest BCUT2D eigenvalue weighted by molar-refractivity contribution is 6.08. The number of aromatic nitrogens is 1. The first-order valence-corrected chi connectivity index (χ1v) is 7.73. The van der Waals surface area contributed by atoms with Crippen molar-refractivity contribution in [3.05, 3.63) is 53.9 Å². The Bertz CT molecular complexity index is 906. The molecule has 0 radical (unpaired) electrons. The Balaban J connectivity index is 1.96. The number of nitrogens with zero attached hydrogens (tertiary/aromatic N) is 1. The summed E-state index contributed by atoms with van der Waals surface area (Å²) >= 11 is 0. The number of rotatable bonds is 6. The number of hydrogen-bond donors (Lipinski definition) is 1. The molecule has 3 rings (SSSR count). The average Bonchev–Trinajstić information content (AvgIpc) is 3.16. The van der Waals surface area contributed by atoms with Gasteiger partial charge in [0, 0.05) is 16.8 Å². The van der Waals surface area contributed by atoms with E-state index in [1.807, 2.05) is 0 Å². The number of methoxy groups -OCH3 is 3. The third-order valence-corrected chi connectivity index (χ3v) is 3.82. The molecule has 1 aromatic heterocycles. The standard InChI is InChI=1S/C19H18N2O5/c1-23-15-8-12(9-16(24-2)18(15)25-3)17(22)14-10-26-19(21-14)11-4-6-13(20)7-5-11/h4-10H,20H2,1-3H3. The van der Waals surface area contributed by atoms with Crippen LogP contribution in [0, 0.1) is 0 Å². The molecule has 0 atom stereocenters. The number of benzene rings is 2. The van der Waals surface area contributed by atoms with Crippen molar-refractivity contribution < 1.29 is 23.4 Å². The topological polar surface area (TPSA) is 96.8 Å². The largest absolute Gasteiger partial charge is 0.493 e. The highest BCUT2D eigenvalue weighted by Crippen LogP contribution is 2.38. The number of hydrogen-bond acceptors (Lipinski definition) is 7. The van der Waals surface area contributed by atoms with E-state index >= 15 is 0 Å². The molecule has 26 heavy (non-hydrogen) atoms. The van der Waals surface area contributed by atoms with Crippen molar-refractivity contribution in [1.29, 1.82) is 0 Å². The number of carbonyl (C=O) groups excluding carboxylic acids is 1. The second-order valence-electron chi connectivity index (χ2n) is 5.40. The molecule has 134 valence electrons. The van der Waals surface area contributed by atoms with Crippen LogP contribution in [0.25, 0.3) is 11.5 Å². The summed E-state index contributed by atoms with van der Waals surface area (Å²) in [6, 6.07) is 10.2. The summed E-state index contributed by atoms with van der Waals surface area (Å²) in [4.78, 5) is 17.1. The van der Waals surface area contributed by atoms with Gasteiger partial charge in [-0.2, -0.15) is 0 Å². The fourth-order valence-corrected chi connectivity index (χ4v) is 2.50. The normalized spacial score (nSPS) is 10.4. The van der Waals surface area contributed by atoms with Crippen LogP contribution in [0.1, 0.15) is 16.1 Å². The number of anilines is 1. The molecule has 7 nitrogen and oxygen atoms in total. The molecule has 1 heterocycles. The Labute approximate surface area is 150 Å². The highest BCUT2D eigenvalue weighted by Gasteiger charge is 2.20. The van der Waals surface area contributed by atoms with Gasteiger partial charge in [0.15, 0.2) is 17.2 Å². The molecule has 0 aliphatic heterocycles. The number of nitrogen functional groups attached to an aromatic ring is 1. The van der Waals surface area contributed by atoms with Gasteiger partial charge in [-0.3, -0.25) is 4.79 Å². The van der Waals surface area contributed by atoms with Gasteiger partial charge in [-0.05, 0) is 36.4 Å². The summed E-state index contributed by atoms with van der Waals surface area (Å²) in [6.45, 7) is 0. The van der Waals surface area contributed by atoms with E-state index in [0.29, 0.717) is 34.4 Å². The van der Waals surface area contributed by atoms with Crippen molar-refractivity contribution in [2.75, 3.05) is 27.1 Å². The lowest BCUT2D eigenvalue weighted by Crippen LogP contribution is -2.04. The maximum absolute atomic E-state index is 12.8. The van der Waals surface area contributed by atoms with E-state index in [2.05, 4.69) is 4.98 Å². The van der Waals surface area contributed by atoms with Crippen molar-refractivity contribution in [2.24, 2.45) is 0 Å². The summed E-state index contributed by atoms with van der Waals surface area (Å²) in [5.41, 5.74) is 7.55. The molecule has 0 unspecified atom stereocenters. The van der Waals surface area contributed by atoms with Crippen LogP contribution in [0.15, 0.2) is 47.1 Å². The van der Waals surface area contributed by atoms with Crippen LogP contribution in [0.5, 0.6) is 17.2 Å². The molecule has 0 aliphatic rings. The number of oxazole rings is 1. The summed E-state index contributed by atoms with van der Waals surface area (Å²) in [6.07, 6.45) is 1.32. The minimum atomic E-state index is -0.324. The Morgan fingerprint density at radius 1 is 1.00 bits per heavy atom. The van der Waals surface area contributed by atoms with E-state index in [-0.39, 0.29) is 11.5 Å². The smallest absolute Gasteiger partial charge is 0.226 e. The first-order valence-electron chi connectivity index (χ1n) is 7.73. The molecule has 2 N–H and O–H groups in total. The SMILES string of the molecule is COc1cc(C(=O)c2coc(-c3ccc(N)cc3)n2)cc(OC)c1OC. The van der Waals surface area contributed by atoms with Crippen molar-refractivity contribution in [1.82, 2.24) is 4.98 Å². The third-order valence-electron chi connectivity index (χ3n) is 3.82. The van der Waals surface area contributed by atoms with Gasteiger partial charge in [0.25, 0.3) is 0 Å². The average molecular weight is 354 g/mol. The lowest BCUT2D eigenvalue weighted by molar-refractivity contribution is 0.103. The zero-order valence-corrected chi connectivity index (χ0v) is 14.6. The maximum atomic E-state index is 12.8. The molecule has 0 amide bonds. The molecule has 2 aromatic carbocycles. The van der Waals surface area contributed by atoms with Crippen LogP contribution in [-0.4, -0.2) is 32.1 Å². The minimum Gasteiger partial charge on any atom is -0.493 e. The Hall–Kier alpha value is -3.48. The fourth-order valence-electron chi connectivity index (χ4n) is 2.50. The van der Waals surface area contributed by atoms with E-state index < -0.39 is 0 Å². The van der Waals surface area contributed by atoms with E-state index in [0.717, 1.165) is 5.56 Å². The second kappa shape index (κ2) is 7.18. The van der Waals surface area contributed by atoms with Gasteiger partial charge in [0.1, 0.15) is 6.26 Å². The quantitative estimate of drug-likeness (QED) is 0.536. The molecule has 0 spiro atoms. The second-order valence-corrected chi connectivity index (χ2v) is 5.40. The van der Waals surface area contributed by atoms with Gasteiger partial charge in [0.2, 0.25) is 17.4 Å². The van der Waals surface area contributed by atoms with E-state index in [1.54, 1.807) is 36.4 Å². The number of ketones is 1. The summed E-state index contributed by atoms with van der Waals surface area (Å²) in [7, 11) is 4.47. The van der Waals surface area contributed by atoms with Crippen LogP contribution < -0.4 is 19.9 Å². The molecule has 0 saturated carbocycles. The van der Waals surface area contributed by atoms with Crippen molar-refractivity contribution in [3.63, 3.8) is 0 Å². The molecular formula is C19H18N2O5. The molecule has 7 heteroatoms. The van der Waals surface area contributed by atoms with Gasteiger partial charge >= 0.3 is 0 Å². The molecule has 3 aromatic rings. The van der Waals surface area contributed by atoms with Gasteiger partial charge in [-0.15, -0.1) is 0 Å². The predicted molar refractivity (Wildman–Crippen MR) is 95.9 cm³/mol. The van der Waals surface area contributed by atoms with Crippen LogP contribution in [-0.2, 0) is 0 Å². The van der Waals surface area contributed by atoms with Gasteiger partial charge < -0.3 is 24.4 Å². The summed E-state index contributed by atoms with van der Waals surface area (Å²) in [5.74, 6) is 1.19. The van der Waals surface area contributed by atoms with Crippen molar-refractivity contribution in [3.8, 4) is 28.7 Å². The zero-order valence-electron chi connectivity index (χ0n) is 14.6. The van der Waals surface area contributed by atoms with Crippen LogP contribution >= 0.6 is 0 Å². The monoisotopic (exact) mass is 354 g/mol. The first kappa shape index (κ1) is 17.3. The van der Waals surface area contributed by atoms with E-state index in [9.17, 15) is 4.79 Å². The first-order chi connectivity index (χ1) is 12.6. The van der Waals surface area contributed by atoms with Crippen molar-refractivity contribution in [2.45, 2.75) is 0 Å². The van der Waals surface area contributed by atoms with Crippen LogP contribution in [0.3, 0.4) is 0 Å². The van der Waals surface area contributed by atoms with E-state index in [4.69, 9.17) is 24.4 Å². The lowest BCUT2D eigenvalue weighted by Gasteiger charge is -2.13. The lowest BCUT2D eigenvalue weighted by atomic mass is 10.1. The Kier molecular flexibility index (Phi) is 4.79. The summed E-state index contributed by atoms with van der Waals surface area (Å²) < 4.78 is 21.3. The number of ether oxygens (including phenoxy) is 3. The molecule has 0 fully saturated rings. The Morgan fingerprint density at radius 2 is 1.62 bits per heavy atom. The number of nitrogens with two attached hydrogens (primary N) is 1. The van der Waals surface area contributed by atoms with Crippen LogP contribution in [0.4, 0.5) is 5.69 Å². The molecule has 0 aliphatic carbocycles. The maximum Gasteiger partial charge on any atom is 0.226 e. The fraction of sp³-hybridized carbons (Fsp3) is 0.158. The van der Waals surface area contributed by atoms with Gasteiger partial charge in [0.05, 0.1) is 21.3 Å².